The second-order valence-corrected chi connectivity index (χ2v) is 5.21. The van der Waals surface area contributed by atoms with Crippen molar-refractivity contribution in [2.75, 3.05) is 13.2 Å². The quantitative estimate of drug-likeness (QED) is 0.867. The number of aliphatic hydroxyl groups excluding tert-OH is 1. The van der Waals surface area contributed by atoms with Crippen molar-refractivity contribution in [3.8, 4) is 0 Å². The fourth-order valence-electron chi connectivity index (χ4n) is 2.88. The van der Waals surface area contributed by atoms with E-state index in [-0.39, 0.29) is 12.6 Å². The maximum absolute atomic E-state index is 9.69. The average molecular weight is 233 g/mol. The van der Waals surface area contributed by atoms with Gasteiger partial charge in [0, 0.05) is 6.04 Å². The molecular weight excluding hydrogens is 210 g/mol. The van der Waals surface area contributed by atoms with Crippen molar-refractivity contribution in [1.82, 2.24) is 4.90 Å². The molecule has 0 saturated carbocycles. The molecule has 1 aliphatic rings. The van der Waals surface area contributed by atoms with E-state index in [4.69, 9.17) is 0 Å². The maximum atomic E-state index is 9.69. The maximum Gasteiger partial charge on any atom is 0.0628 e. The lowest BCUT2D eigenvalue weighted by Crippen LogP contribution is -2.45. The summed E-state index contributed by atoms with van der Waals surface area (Å²) >= 11 is 0. The molecule has 0 aromatic heterocycles. The third-order valence-corrected chi connectivity index (χ3v) is 4.18. The van der Waals surface area contributed by atoms with Gasteiger partial charge in [-0.1, -0.05) is 37.3 Å². The normalized spacial score (nSPS) is 27.9. The van der Waals surface area contributed by atoms with Crippen molar-refractivity contribution in [3.05, 3.63) is 35.9 Å². The van der Waals surface area contributed by atoms with Crippen molar-refractivity contribution in [2.24, 2.45) is 5.92 Å². The monoisotopic (exact) mass is 233 g/mol. The molecule has 1 aliphatic heterocycles. The molecule has 94 valence electrons. The molecule has 1 fully saturated rings. The van der Waals surface area contributed by atoms with Crippen molar-refractivity contribution >= 4 is 0 Å². The van der Waals surface area contributed by atoms with Gasteiger partial charge in [-0.15, -0.1) is 0 Å². The van der Waals surface area contributed by atoms with Crippen LogP contribution in [0.4, 0.5) is 0 Å². The molecule has 0 unspecified atom stereocenters. The van der Waals surface area contributed by atoms with Crippen molar-refractivity contribution in [2.45, 2.75) is 38.8 Å². The number of rotatable bonds is 3. The number of hydrogen-bond donors (Lipinski definition) is 1. The molecule has 0 bridgehead atoms. The van der Waals surface area contributed by atoms with E-state index in [0.29, 0.717) is 6.04 Å². The highest BCUT2D eigenvalue weighted by Crippen LogP contribution is 2.31. The highest BCUT2D eigenvalue weighted by atomic mass is 16.3. The van der Waals surface area contributed by atoms with Gasteiger partial charge in [0.1, 0.15) is 0 Å². The first-order valence-corrected chi connectivity index (χ1v) is 6.65. The lowest BCUT2D eigenvalue weighted by molar-refractivity contribution is 0.0376. The highest BCUT2D eigenvalue weighted by molar-refractivity contribution is 5.19. The zero-order valence-electron chi connectivity index (χ0n) is 10.8. The van der Waals surface area contributed by atoms with Crippen LogP contribution < -0.4 is 0 Å². The van der Waals surface area contributed by atoms with Gasteiger partial charge in [0.05, 0.1) is 12.6 Å². The molecule has 2 heteroatoms. The summed E-state index contributed by atoms with van der Waals surface area (Å²) in [6, 6.07) is 11.1. The molecule has 0 spiro atoms. The zero-order valence-corrected chi connectivity index (χ0v) is 10.8. The van der Waals surface area contributed by atoms with Crippen LogP contribution in [0.3, 0.4) is 0 Å². The highest BCUT2D eigenvalue weighted by Gasteiger charge is 2.30. The van der Waals surface area contributed by atoms with Gasteiger partial charge < -0.3 is 5.11 Å². The largest absolute Gasteiger partial charge is 0.394 e. The number of benzene rings is 1. The average Bonchev–Trinajstić information content (AvgIpc) is 2.37. The lowest BCUT2D eigenvalue weighted by Gasteiger charge is -2.42. The first kappa shape index (κ1) is 12.6. The Hall–Kier alpha value is -0.860. The standard InChI is InChI=1S/C15H23NO/c1-12-7-6-10-16(13(12)2)15(11-17)14-8-4-3-5-9-14/h3-5,8-9,12-13,15,17H,6-7,10-11H2,1-2H3/t12-,13-,15-/m0/s1. The Morgan fingerprint density at radius 1 is 1.29 bits per heavy atom. The molecule has 3 atom stereocenters. The number of piperidine rings is 1. The smallest absolute Gasteiger partial charge is 0.0628 e. The second kappa shape index (κ2) is 5.65. The molecule has 0 radical (unpaired) electrons. The van der Waals surface area contributed by atoms with E-state index in [1.54, 1.807) is 0 Å². The SMILES string of the molecule is C[C@H]1CCCN([C@@H](CO)c2ccccc2)[C@H]1C. The summed E-state index contributed by atoms with van der Waals surface area (Å²) in [7, 11) is 0. The predicted molar refractivity (Wildman–Crippen MR) is 70.8 cm³/mol. The predicted octanol–water partition coefficient (Wildman–Crippen LogP) is 2.84. The summed E-state index contributed by atoms with van der Waals surface area (Å²) in [5.41, 5.74) is 1.23. The van der Waals surface area contributed by atoms with Crippen LogP contribution in [-0.4, -0.2) is 29.2 Å². The van der Waals surface area contributed by atoms with Crippen LogP contribution in [0.5, 0.6) is 0 Å². The molecule has 1 aromatic rings. The van der Waals surface area contributed by atoms with E-state index in [9.17, 15) is 5.11 Å². The molecule has 2 nitrogen and oxygen atoms in total. The van der Waals surface area contributed by atoms with Crippen LogP contribution in [0.15, 0.2) is 30.3 Å². The van der Waals surface area contributed by atoms with Gasteiger partial charge in [-0.05, 0) is 37.8 Å². The minimum absolute atomic E-state index is 0.161. The van der Waals surface area contributed by atoms with E-state index in [1.165, 1.54) is 18.4 Å². The summed E-state index contributed by atoms with van der Waals surface area (Å²) in [6.07, 6.45) is 2.56. The first-order chi connectivity index (χ1) is 8.24. The summed E-state index contributed by atoms with van der Waals surface area (Å²) in [5.74, 6) is 0.724. The van der Waals surface area contributed by atoms with Crippen LogP contribution in [-0.2, 0) is 0 Å². The second-order valence-electron chi connectivity index (χ2n) is 5.21. The topological polar surface area (TPSA) is 23.5 Å². The number of nitrogens with zero attached hydrogens (tertiary/aromatic N) is 1. The van der Waals surface area contributed by atoms with Crippen molar-refractivity contribution in [3.63, 3.8) is 0 Å². The summed E-state index contributed by atoms with van der Waals surface area (Å²) in [5, 5.41) is 9.69. The van der Waals surface area contributed by atoms with Crippen LogP contribution in [0.25, 0.3) is 0 Å². The molecule has 1 N–H and O–H groups in total. The number of aliphatic hydroxyl groups is 1. The molecule has 1 heterocycles. The molecule has 2 rings (SSSR count). The van der Waals surface area contributed by atoms with E-state index in [2.05, 4.69) is 43.0 Å². The van der Waals surface area contributed by atoms with Crippen LogP contribution in [0.1, 0.15) is 38.3 Å². The number of likely N-dealkylation sites (tertiary alicyclic amines) is 1. The van der Waals surface area contributed by atoms with Crippen molar-refractivity contribution in [1.29, 1.82) is 0 Å². The van der Waals surface area contributed by atoms with Gasteiger partial charge in [0.25, 0.3) is 0 Å². The number of hydrogen-bond acceptors (Lipinski definition) is 2. The van der Waals surface area contributed by atoms with E-state index in [0.717, 1.165) is 12.5 Å². The third-order valence-electron chi connectivity index (χ3n) is 4.18. The van der Waals surface area contributed by atoms with Crippen LogP contribution in [0.2, 0.25) is 0 Å². The Balaban J connectivity index is 2.18. The first-order valence-electron chi connectivity index (χ1n) is 6.65. The Kier molecular flexibility index (Phi) is 4.19. The summed E-state index contributed by atoms with van der Waals surface area (Å²) < 4.78 is 0. The van der Waals surface area contributed by atoms with Gasteiger partial charge in [-0.25, -0.2) is 0 Å². The van der Waals surface area contributed by atoms with Gasteiger partial charge in [0.2, 0.25) is 0 Å². The molecule has 17 heavy (non-hydrogen) atoms. The molecular formula is C15H23NO. The molecule has 1 saturated heterocycles. The minimum atomic E-state index is 0.161. The molecule has 0 amide bonds. The summed E-state index contributed by atoms with van der Waals surface area (Å²) in [4.78, 5) is 2.46. The van der Waals surface area contributed by atoms with E-state index < -0.39 is 0 Å². The Morgan fingerprint density at radius 3 is 2.65 bits per heavy atom. The third kappa shape index (κ3) is 2.70. The summed E-state index contributed by atoms with van der Waals surface area (Å²) in [6.45, 7) is 5.92. The zero-order chi connectivity index (χ0) is 12.3. The fourth-order valence-corrected chi connectivity index (χ4v) is 2.88. The Morgan fingerprint density at radius 2 is 2.00 bits per heavy atom. The lowest BCUT2D eigenvalue weighted by atomic mass is 9.89. The molecule has 1 aromatic carbocycles. The van der Waals surface area contributed by atoms with Gasteiger partial charge in [-0.2, -0.15) is 0 Å². The van der Waals surface area contributed by atoms with Gasteiger partial charge in [-0.3, -0.25) is 4.90 Å². The fraction of sp³-hybridized carbons (Fsp3) is 0.600. The minimum Gasteiger partial charge on any atom is -0.394 e. The Bertz CT molecular complexity index is 338. The van der Waals surface area contributed by atoms with Gasteiger partial charge in [0.15, 0.2) is 0 Å². The van der Waals surface area contributed by atoms with E-state index in [1.807, 2.05) is 6.07 Å². The Labute approximate surface area is 104 Å². The van der Waals surface area contributed by atoms with Gasteiger partial charge >= 0.3 is 0 Å². The van der Waals surface area contributed by atoms with Crippen LogP contribution >= 0.6 is 0 Å². The van der Waals surface area contributed by atoms with E-state index >= 15 is 0 Å². The molecule has 0 aliphatic carbocycles. The van der Waals surface area contributed by atoms with Crippen LogP contribution in [0, 0.1) is 5.92 Å². The van der Waals surface area contributed by atoms with Crippen molar-refractivity contribution < 1.29 is 5.11 Å².